The molecule has 2 rings (SSSR count). The van der Waals surface area contributed by atoms with E-state index in [1.165, 1.54) is 0 Å². The van der Waals surface area contributed by atoms with Gasteiger partial charge in [-0.25, -0.2) is 0 Å². The number of aryl methyl sites for hydroxylation is 2. The van der Waals surface area contributed by atoms with Gasteiger partial charge in [0.05, 0.1) is 17.8 Å². The molecule has 0 bridgehead atoms. The predicted octanol–water partition coefficient (Wildman–Crippen LogP) is 1.24. The molecule has 0 aliphatic heterocycles. The zero-order valence-electron chi connectivity index (χ0n) is 11.0. The molecule has 1 fully saturated rings. The van der Waals surface area contributed by atoms with Crippen LogP contribution < -0.4 is 5.32 Å². The molecule has 2 atom stereocenters. The van der Waals surface area contributed by atoms with Crippen molar-refractivity contribution in [1.29, 1.82) is 0 Å². The first-order valence-corrected chi connectivity index (χ1v) is 6.65. The molecule has 2 N–H and O–H groups in total. The summed E-state index contributed by atoms with van der Waals surface area (Å²) in [6, 6.07) is 1.67. The van der Waals surface area contributed by atoms with Gasteiger partial charge in [-0.3, -0.25) is 9.48 Å². The lowest BCUT2D eigenvalue weighted by atomic mass is 9.92. The van der Waals surface area contributed by atoms with Crippen LogP contribution in [0.15, 0.2) is 6.07 Å². The van der Waals surface area contributed by atoms with Crippen LogP contribution in [-0.2, 0) is 6.54 Å². The molecule has 1 heterocycles. The third-order valence-electron chi connectivity index (χ3n) is 3.48. The van der Waals surface area contributed by atoms with E-state index in [0.717, 1.165) is 31.4 Å². The Labute approximate surface area is 107 Å². The quantitative estimate of drug-likeness (QED) is 0.849. The van der Waals surface area contributed by atoms with Crippen molar-refractivity contribution in [2.24, 2.45) is 0 Å². The molecular formula is C13H21N3O2. The Morgan fingerprint density at radius 1 is 1.56 bits per heavy atom. The summed E-state index contributed by atoms with van der Waals surface area (Å²) < 4.78 is 1.69. The number of nitrogens with zero attached hydrogens (tertiary/aromatic N) is 2. The first-order valence-electron chi connectivity index (χ1n) is 6.65. The highest BCUT2D eigenvalue weighted by atomic mass is 16.3. The highest BCUT2D eigenvalue weighted by molar-refractivity contribution is 5.92. The van der Waals surface area contributed by atoms with Crippen molar-refractivity contribution in [1.82, 2.24) is 15.1 Å². The topological polar surface area (TPSA) is 67.2 Å². The number of aliphatic hydroxyl groups excluding tert-OH is 1. The van der Waals surface area contributed by atoms with E-state index in [2.05, 4.69) is 10.4 Å². The zero-order chi connectivity index (χ0) is 13.1. The molecule has 1 aromatic rings. The van der Waals surface area contributed by atoms with Crippen molar-refractivity contribution in [2.75, 3.05) is 0 Å². The van der Waals surface area contributed by atoms with Crippen LogP contribution in [0, 0.1) is 6.92 Å². The minimum Gasteiger partial charge on any atom is -0.391 e. The lowest BCUT2D eigenvalue weighted by molar-refractivity contribution is 0.0710. The van der Waals surface area contributed by atoms with E-state index in [0.29, 0.717) is 12.2 Å². The Morgan fingerprint density at radius 3 is 2.94 bits per heavy atom. The summed E-state index contributed by atoms with van der Waals surface area (Å²) in [6.45, 7) is 4.50. The van der Waals surface area contributed by atoms with Gasteiger partial charge >= 0.3 is 0 Å². The molecule has 18 heavy (non-hydrogen) atoms. The number of hydrogen-bond acceptors (Lipinski definition) is 3. The third-order valence-corrected chi connectivity index (χ3v) is 3.48. The standard InChI is InChI=1S/C13H21N3O2/c1-3-16-11(8-9(2)15-16)13(18)14-10-6-4-5-7-12(10)17/h8,10,12,17H,3-7H2,1-2H3,(H,14,18)/t10-,12-/m0/s1. The lowest BCUT2D eigenvalue weighted by Crippen LogP contribution is -2.45. The van der Waals surface area contributed by atoms with Crippen LogP contribution in [0.5, 0.6) is 0 Å². The van der Waals surface area contributed by atoms with E-state index < -0.39 is 6.10 Å². The fraction of sp³-hybridized carbons (Fsp3) is 0.692. The number of nitrogens with one attached hydrogen (secondary N) is 1. The van der Waals surface area contributed by atoms with Crippen molar-refractivity contribution in [2.45, 2.75) is 58.2 Å². The molecule has 1 aromatic heterocycles. The first kappa shape index (κ1) is 13.1. The van der Waals surface area contributed by atoms with E-state index in [-0.39, 0.29) is 11.9 Å². The second kappa shape index (κ2) is 5.52. The molecule has 1 saturated carbocycles. The molecular weight excluding hydrogens is 230 g/mol. The van der Waals surface area contributed by atoms with Crippen molar-refractivity contribution in [3.05, 3.63) is 17.5 Å². The summed E-state index contributed by atoms with van der Waals surface area (Å²) in [7, 11) is 0. The van der Waals surface area contributed by atoms with Gasteiger partial charge < -0.3 is 10.4 Å². The Bertz CT molecular complexity index is 428. The Morgan fingerprint density at radius 2 is 2.28 bits per heavy atom. The number of aliphatic hydroxyl groups is 1. The lowest BCUT2D eigenvalue weighted by Gasteiger charge is -2.28. The minimum atomic E-state index is -0.415. The van der Waals surface area contributed by atoms with Gasteiger partial charge in [0.25, 0.3) is 5.91 Å². The number of carbonyl (C=O) groups excluding carboxylic acids is 1. The van der Waals surface area contributed by atoms with Gasteiger partial charge in [-0.2, -0.15) is 5.10 Å². The average Bonchev–Trinajstić information content (AvgIpc) is 2.73. The molecule has 0 radical (unpaired) electrons. The van der Waals surface area contributed by atoms with Gasteiger partial charge in [0, 0.05) is 6.54 Å². The van der Waals surface area contributed by atoms with E-state index in [4.69, 9.17) is 0 Å². The number of amides is 1. The fourth-order valence-electron chi connectivity index (χ4n) is 2.49. The van der Waals surface area contributed by atoms with Gasteiger partial charge in [-0.15, -0.1) is 0 Å². The van der Waals surface area contributed by atoms with Crippen LogP contribution in [0.25, 0.3) is 0 Å². The van der Waals surface area contributed by atoms with Crippen LogP contribution in [0.3, 0.4) is 0 Å². The molecule has 5 heteroatoms. The summed E-state index contributed by atoms with van der Waals surface area (Å²) in [5.74, 6) is -0.136. The maximum Gasteiger partial charge on any atom is 0.269 e. The van der Waals surface area contributed by atoms with E-state index in [1.54, 1.807) is 10.7 Å². The predicted molar refractivity (Wildman–Crippen MR) is 68.4 cm³/mol. The Hall–Kier alpha value is -1.36. The second-order valence-electron chi connectivity index (χ2n) is 4.92. The summed E-state index contributed by atoms with van der Waals surface area (Å²) in [4.78, 5) is 12.2. The van der Waals surface area contributed by atoms with Crippen LogP contribution in [0.1, 0.15) is 48.8 Å². The van der Waals surface area contributed by atoms with Crippen LogP contribution in [0.2, 0.25) is 0 Å². The van der Waals surface area contributed by atoms with E-state index >= 15 is 0 Å². The highest BCUT2D eigenvalue weighted by Crippen LogP contribution is 2.18. The molecule has 100 valence electrons. The molecule has 0 saturated heterocycles. The first-order chi connectivity index (χ1) is 8.61. The molecule has 5 nitrogen and oxygen atoms in total. The fourth-order valence-corrected chi connectivity index (χ4v) is 2.49. The highest BCUT2D eigenvalue weighted by Gasteiger charge is 2.25. The zero-order valence-corrected chi connectivity index (χ0v) is 11.0. The van der Waals surface area contributed by atoms with Crippen LogP contribution in [0.4, 0.5) is 0 Å². The monoisotopic (exact) mass is 251 g/mol. The van der Waals surface area contributed by atoms with Crippen LogP contribution in [-0.4, -0.2) is 32.9 Å². The van der Waals surface area contributed by atoms with Crippen molar-refractivity contribution in [3.63, 3.8) is 0 Å². The second-order valence-corrected chi connectivity index (χ2v) is 4.92. The van der Waals surface area contributed by atoms with Gasteiger partial charge in [-0.1, -0.05) is 12.8 Å². The largest absolute Gasteiger partial charge is 0.391 e. The Kier molecular flexibility index (Phi) is 4.01. The normalized spacial score (nSPS) is 23.9. The molecule has 1 amide bonds. The van der Waals surface area contributed by atoms with Gasteiger partial charge in [0.15, 0.2) is 0 Å². The summed E-state index contributed by atoms with van der Waals surface area (Å²) >= 11 is 0. The summed E-state index contributed by atoms with van der Waals surface area (Å²) in [5.41, 5.74) is 1.42. The number of hydrogen-bond donors (Lipinski definition) is 2. The van der Waals surface area contributed by atoms with Gasteiger partial charge in [0.2, 0.25) is 0 Å². The number of rotatable bonds is 3. The van der Waals surface area contributed by atoms with E-state index in [1.807, 2.05) is 13.8 Å². The van der Waals surface area contributed by atoms with Gasteiger partial charge in [0.1, 0.15) is 5.69 Å². The maximum atomic E-state index is 12.2. The molecule has 1 aliphatic rings. The minimum absolute atomic E-state index is 0.119. The van der Waals surface area contributed by atoms with Crippen molar-refractivity contribution >= 4 is 5.91 Å². The van der Waals surface area contributed by atoms with Crippen molar-refractivity contribution in [3.8, 4) is 0 Å². The Balaban J connectivity index is 2.06. The average molecular weight is 251 g/mol. The van der Waals surface area contributed by atoms with Crippen LogP contribution >= 0.6 is 0 Å². The summed E-state index contributed by atoms with van der Waals surface area (Å²) in [5, 5.41) is 17.0. The smallest absolute Gasteiger partial charge is 0.269 e. The third kappa shape index (κ3) is 2.72. The SMILES string of the molecule is CCn1nc(C)cc1C(=O)N[C@H]1CCCC[C@@H]1O. The van der Waals surface area contributed by atoms with Crippen molar-refractivity contribution < 1.29 is 9.90 Å². The van der Waals surface area contributed by atoms with E-state index in [9.17, 15) is 9.90 Å². The maximum absolute atomic E-state index is 12.2. The van der Waals surface area contributed by atoms with Gasteiger partial charge in [-0.05, 0) is 32.8 Å². The summed E-state index contributed by atoms with van der Waals surface area (Å²) in [6.07, 6.45) is 3.32. The molecule has 1 aliphatic carbocycles. The molecule has 0 aromatic carbocycles. The number of aromatic nitrogens is 2. The number of carbonyl (C=O) groups is 1. The molecule has 0 spiro atoms. The molecule has 0 unspecified atom stereocenters.